The predicted molar refractivity (Wildman–Crippen MR) is 269 cm³/mol. The first-order valence-electron chi connectivity index (χ1n) is 24.8. The van der Waals surface area contributed by atoms with Gasteiger partial charge >= 0.3 is 17.9 Å². The number of unbranched alkanes of at least 4 members (excludes halogenated alkanes) is 18. The quantitative estimate of drug-likeness (QED) is 0.0263. The fraction of sp³-hybridized carbons (Fsp3) is 0.561. The molecule has 6 heteroatoms. The Hall–Kier alpha value is -4.45. The van der Waals surface area contributed by atoms with E-state index in [1.54, 1.807) is 0 Å². The van der Waals surface area contributed by atoms with Gasteiger partial charge < -0.3 is 14.2 Å². The smallest absolute Gasteiger partial charge is 0.306 e. The van der Waals surface area contributed by atoms with Crippen LogP contribution in [0.4, 0.5) is 0 Å². The number of hydrogen-bond acceptors (Lipinski definition) is 6. The van der Waals surface area contributed by atoms with Gasteiger partial charge in [-0.1, -0.05) is 244 Å². The summed E-state index contributed by atoms with van der Waals surface area (Å²) in [6.07, 6.45) is 69.9. The lowest BCUT2D eigenvalue weighted by atomic mass is 10.1. The normalized spacial score (nSPS) is 13.3. The van der Waals surface area contributed by atoms with E-state index in [1.807, 2.05) is 97.2 Å². The second-order valence-corrected chi connectivity index (χ2v) is 15.9. The molecule has 0 heterocycles. The Morgan fingerprint density at radius 2 is 0.619 bits per heavy atom. The van der Waals surface area contributed by atoms with E-state index in [9.17, 15) is 14.4 Å². The highest BCUT2D eigenvalue weighted by Crippen LogP contribution is 2.14. The first kappa shape index (κ1) is 58.6. The van der Waals surface area contributed by atoms with Crippen LogP contribution in [0.1, 0.15) is 188 Å². The average Bonchev–Trinajstić information content (AvgIpc) is 3.28. The van der Waals surface area contributed by atoms with Gasteiger partial charge in [-0.2, -0.15) is 0 Å². The van der Waals surface area contributed by atoms with Crippen molar-refractivity contribution in [2.45, 2.75) is 194 Å². The molecule has 0 saturated carbocycles. The van der Waals surface area contributed by atoms with Crippen LogP contribution in [0.15, 0.2) is 134 Å². The standard InChI is InChI=1S/C57H88O6/c1-4-7-10-13-16-19-22-24-26-27-28-29-31-32-35-38-41-44-47-50-56(59)62-53-54(52-61-55(58)49-46-43-40-37-34-21-18-15-12-9-6-3)63-57(60)51-48-45-42-39-36-33-30-25-23-20-17-14-11-8-5-2/h7-8,10-11,13-14,16-17,19-20,22-32,35,54H,4-6,9,12,15,18,21,33-34,36-53H2,1-3H3/b10-7-,11-8-,16-13-,17-14-,22-19-,23-20-,26-24-,28-27+,30-25-,31-29-,35-32-. The number of carbonyl (C=O) groups excluding carboxylic acids is 3. The average molecular weight is 869 g/mol. The maximum atomic E-state index is 12.8. The van der Waals surface area contributed by atoms with Crippen LogP contribution in [0, 0.1) is 0 Å². The van der Waals surface area contributed by atoms with Gasteiger partial charge in [0.25, 0.3) is 0 Å². The summed E-state index contributed by atoms with van der Waals surface area (Å²) >= 11 is 0. The monoisotopic (exact) mass is 869 g/mol. The van der Waals surface area contributed by atoms with Crippen molar-refractivity contribution in [1.82, 2.24) is 0 Å². The molecule has 0 radical (unpaired) electrons. The molecule has 63 heavy (non-hydrogen) atoms. The molecule has 0 aliphatic heterocycles. The molecule has 0 aliphatic carbocycles. The number of esters is 3. The lowest BCUT2D eigenvalue weighted by Gasteiger charge is -2.18. The molecule has 0 spiro atoms. The van der Waals surface area contributed by atoms with Gasteiger partial charge in [0.2, 0.25) is 0 Å². The van der Waals surface area contributed by atoms with E-state index >= 15 is 0 Å². The number of ether oxygens (including phenoxy) is 3. The predicted octanol–water partition coefficient (Wildman–Crippen LogP) is 16.3. The number of rotatable bonds is 42. The van der Waals surface area contributed by atoms with Crippen LogP contribution >= 0.6 is 0 Å². The summed E-state index contributed by atoms with van der Waals surface area (Å²) in [5.41, 5.74) is 0. The third kappa shape index (κ3) is 48.4. The van der Waals surface area contributed by atoms with Crippen molar-refractivity contribution in [3.63, 3.8) is 0 Å². The second kappa shape index (κ2) is 50.2. The lowest BCUT2D eigenvalue weighted by molar-refractivity contribution is -0.167. The summed E-state index contributed by atoms with van der Waals surface area (Å²) < 4.78 is 16.7. The van der Waals surface area contributed by atoms with Gasteiger partial charge in [-0.15, -0.1) is 0 Å². The van der Waals surface area contributed by atoms with E-state index in [4.69, 9.17) is 14.2 Å². The molecule has 0 amide bonds. The van der Waals surface area contributed by atoms with Crippen LogP contribution < -0.4 is 0 Å². The number of hydrogen-bond donors (Lipinski definition) is 0. The Morgan fingerprint density at radius 1 is 0.333 bits per heavy atom. The van der Waals surface area contributed by atoms with Crippen molar-refractivity contribution in [1.29, 1.82) is 0 Å². The second-order valence-electron chi connectivity index (χ2n) is 15.9. The first-order valence-corrected chi connectivity index (χ1v) is 24.8. The first-order chi connectivity index (χ1) is 31.0. The van der Waals surface area contributed by atoms with Crippen LogP contribution in [0.25, 0.3) is 0 Å². The summed E-state index contributed by atoms with van der Waals surface area (Å²) in [7, 11) is 0. The van der Waals surface area contributed by atoms with E-state index in [0.29, 0.717) is 12.8 Å². The van der Waals surface area contributed by atoms with E-state index in [0.717, 1.165) is 96.3 Å². The Balaban J connectivity index is 4.55. The van der Waals surface area contributed by atoms with E-state index < -0.39 is 6.10 Å². The van der Waals surface area contributed by atoms with Crippen LogP contribution in [-0.4, -0.2) is 37.2 Å². The summed E-state index contributed by atoms with van der Waals surface area (Å²) in [6.45, 7) is 6.26. The van der Waals surface area contributed by atoms with Crippen LogP contribution in [0.2, 0.25) is 0 Å². The van der Waals surface area contributed by atoms with Crippen LogP contribution in [0.5, 0.6) is 0 Å². The van der Waals surface area contributed by atoms with Gasteiger partial charge in [0.15, 0.2) is 6.10 Å². The summed E-state index contributed by atoms with van der Waals surface area (Å²) in [4.78, 5) is 37.9. The molecule has 0 aromatic carbocycles. The minimum atomic E-state index is -0.812. The SMILES string of the molecule is CC\C=C/C=C\C=C/C=C\C=C\C=C/C=C\CCCCCC(=O)OCC(COC(=O)CCCCCCCCCCCCC)OC(=O)CCCCCCC\C=C/C=C\C=C/C=C\CC. The zero-order chi connectivity index (χ0) is 45.8. The molecular weight excluding hydrogens is 781 g/mol. The molecule has 0 aromatic heterocycles. The highest BCUT2D eigenvalue weighted by atomic mass is 16.6. The Labute approximate surface area is 385 Å². The van der Waals surface area contributed by atoms with Crippen molar-refractivity contribution < 1.29 is 28.6 Å². The third-order valence-corrected chi connectivity index (χ3v) is 9.94. The lowest BCUT2D eigenvalue weighted by Crippen LogP contribution is -2.30. The van der Waals surface area contributed by atoms with Crippen molar-refractivity contribution >= 4 is 17.9 Å². The van der Waals surface area contributed by atoms with Gasteiger partial charge in [0.05, 0.1) is 0 Å². The summed E-state index contributed by atoms with van der Waals surface area (Å²) in [6, 6.07) is 0. The number of allylic oxidation sites excluding steroid dienone is 22. The molecule has 0 aliphatic rings. The summed E-state index contributed by atoms with van der Waals surface area (Å²) in [5.74, 6) is -0.988. The zero-order valence-corrected chi connectivity index (χ0v) is 40.0. The van der Waals surface area contributed by atoms with E-state index in [-0.39, 0.29) is 37.5 Å². The van der Waals surface area contributed by atoms with Crippen molar-refractivity contribution in [2.75, 3.05) is 13.2 Å². The fourth-order valence-electron chi connectivity index (χ4n) is 6.26. The van der Waals surface area contributed by atoms with Crippen LogP contribution in [0.3, 0.4) is 0 Å². The van der Waals surface area contributed by atoms with Gasteiger partial charge in [-0.05, 0) is 57.8 Å². The van der Waals surface area contributed by atoms with E-state index in [2.05, 4.69) is 57.2 Å². The fourth-order valence-corrected chi connectivity index (χ4v) is 6.26. The van der Waals surface area contributed by atoms with E-state index in [1.165, 1.54) is 51.4 Å². The van der Waals surface area contributed by atoms with Gasteiger partial charge in [0.1, 0.15) is 13.2 Å². The highest BCUT2D eigenvalue weighted by molar-refractivity contribution is 5.71. The molecule has 0 N–H and O–H groups in total. The molecule has 0 aromatic rings. The molecule has 0 saturated heterocycles. The zero-order valence-electron chi connectivity index (χ0n) is 40.0. The van der Waals surface area contributed by atoms with Crippen LogP contribution in [-0.2, 0) is 28.6 Å². The topological polar surface area (TPSA) is 78.9 Å². The molecule has 1 atom stereocenters. The van der Waals surface area contributed by atoms with Crippen molar-refractivity contribution in [3.8, 4) is 0 Å². The minimum Gasteiger partial charge on any atom is -0.462 e. The minimum absolute atomic E-state index is 0.107. The Morgan fingerprint density at radius 3 is 0.984 bits per heavy atom. The highest BCUT2D eigenvalue weighted by Gasteiger charge is 2.19. The third-order valence-electron chi connectivity index (χ3n) is 9.94. The van der Waals surface area contributed by atoms with Gasteiger partial charge in [-0.25, -0.2) is 0 Å². The maximum absolute atomic E-state index is 12.8. The molecular formula is C57H88O6. The Kier molecular flexibility index (Phi) is 46.7. The largest absolute Gasteiger partial charge is 0.462 e. The van der Waals surface area contributed by atoms with Crippen molar-refractivity contribution in [3.05, 3.63) is 134 Å². The number of carbonyl (C=O) groups is 3. The molecule has 0 fully saturated rings. The van der Waals surface area contributed by atoms with Gasteiger partial charge in [-0.3, -0.25) is 14.4 Å². The van der Waals surface area contributed by atoms with Gasteiger partial charge in [0, 0.05) is 19.3 Å². The molecule has 352 valence electrons. The molecule has 0 rings (SSSR count). The molecule has 1 unspecified atom stereocenters. The maximum Gasteiger partial charge on any atom is 0.306 e. The molecule has 0 bridgehead atoms. The van der Waals surface area contributed by atoms with Crippen molar-refractivity contribution in [2.24, 2.45) is 0 Å². The summed E-state index contributed by atoms with van der Waals surface area (Å²) in [5, 5.41) is 0. The molecule has 6 nitrogen and oxygen atoms in total. The Bertz CT molecular complexity index is 1420.